The van der Waals surface area contributed by atoms with E-state index in [0.717, 1.165) is 18.6 Å². The van der Waals surface area contributed by atoms with Crippen molar-refractivity contribution in [3.8, 4) is 0 Å². The summed E-state index contributed by atoms with van der Waals surface area (Å²) in [6, 6.07) is 0. The fourth-order valence-electron chi connectivity index (χ4n) is 1.73. The molecule has 0 unspecified atom stereocenters. The molecule has 0 bridgehead atoms. The predicted octanol–water partition coefficient (Wildman–Crippen LogP) is 2.97. The first-order valence-corrected chi connectivity index (χ1v) is 4.52. The van der Waals surface area contributed by atoms with Gasteiger partial charge in [0.05, 0.1) is 5.71 Å². The Kier molecular flexibility index (Phi) is 2.90. The first-order valence-electron chi connectivity index (χ1n) is 4.52. The molecule has 12 heavy (non-hydrogen) atoms. The Morgan fingerprint density at radius 3 is 2.67 bits per heavy atom. The van der Waals surface area contributed by atoms with Crippen LogP contribution >= 0.6 is 0 Å². The molecule has 0 amide bonds. The van der Waals surface area contributed by atoms with E-state index in [1.165, 1.54) is 17.6 Å². The lowest BCUT2D eigenvalue weighted by molar-refractivity contribution is 0.314. The molecule has 1 aliphatic rings. The molecular formula is C10H17NO. The third-order valence-electron chi connectivity index (χ3n) is 2.50. The van der Waals surface area contributed by atoms with Gasteiger partial charge in [0.2, 0.25) is 0 Å². The predicted molar refractivity (Wildman–Crippen MR) is 50.6 cm³/mol. The largest absolute Gasteiger partial charge is 0.411 e. The second-order valence-corrected chi connectivity index (χ2v) is 3.87. The van der Waals surface area contributed by atoms with Gasteiger partial charge in [-0.05, 0) is 44.6 Å². The first-order chi connectivity index (χ1) is 5.65. The maximum Gasteiger partial charge on any atom is 0.0829 e. The highest BCUT2D eigenvalue weighted by molar-refractivity contribution is 6.01. The van der Waals surface area contributed by atoms with Crippen LogP contribution in [0.5, 0.6) is 0 Å². The van der Waals surface area contributed by atoms with Crippen molar-refractivity contribution in [3.05, 3.63) is 11.1 Å². The minimum atomic E-state index is 0.666. The molecule has 2 heteroatoms. The highest BCUT2D eigenvalue weighted by atomic mass is 16.4. The van der Waals surface area contributed by atoms with Crippen molar-refractivity contribution >= 4 is 5.71 Å². The summed E-state index contributed by atoms with van der Waals surface area (Å²) in [6.07, 6.45) is 3.22. The highest BCUT2D eigenvalue weighted by Gasteiger charge is 2.19. The Morgan fingerprint density at radius 2 is 2.17 bits per heavy atom. The number of oxime groups is 1. The molecule has 0 aromatic carbocycles. The molecule has 0 aliphatic heterocycles. The fourth-order valence-corrected chi connectivity index (χ4v) is 1.73. The molecule has 0 saturated heterocycles. The summed E-state index contributed by atoms with van der Waals surface area (Å²) in [4.78, 5) is 0. The van der Waals surface area contributed by atoms with Gasteiger partial charge in [-0.3, -0.25) is 0 Å². The molecule has 1 atom stereocenters. The fraction of sp³-hybridized carbons (Fsp3) is 0.700. The normalized spacial score (nSPS) is 27.8. The van der Waals surface area contributed by atoms with Gasteiger partial charge < -0.3 is 5.21 Å². The topological polar surface area (TPSA) is 32.6 Å². The molecule has 0 spiro atoms. The van der Waals surface area contributed by atoms with Crippen LogP contribution in [0.3, 0.4) is 0 Å². The second kappa shape index (κ2) is 3.74. The maximum atomic E-state index is 8.78. The Balaban J connectivity index is 2.85. The molecule has 2 nitrogen and oxygen atoms in total. The molecular weight excluding hydrogens is 150 g/mol. The lowest BCUT2D eigenvalue weighted by Crippen LogP contribution is -2.16. The van der Waals surface area contributed by atoms with Crippen LogP contribution in [0.4, 0.5) is 0 Å². The summed E-state index contributed by atoms with van der Waals surface area (Å²) in [5.41, 5.74) is 3.44. The smallest absolute Gasteiger partial charge is 0.0829 e. The van der Waals surface area contributed by atoms with Crippen molar-refractivity contribution in [2.75, 3.05) is 0 Å². The van der Waals surface area contributed by atoms with Gasteiger partial charge in [0.15, 0.2) is 0 Å². The zero-order chi connectivity index (χ0) is 9.14. The van der Waals surface area contributed by atoms with Gasteiger partial charge in [0, 0.05) is 0 Å². The van der Waals surface area contributed by atoms with Gasteiger partial charge in [-0.2, -0.15) is 0 Å². The SMILES string of the molecule is CC(C)=C1CC[C@@H](C)C/C1=N\O. The Morgan fingerprint density at radius 1 is 1.50 bits per heavy atom. The van der Waals surface area contributed by atoms with E-state index >= 15 is 0 Å². The average Bonchev–Trinajstić information content (AvgIpc) is 2.03. The van der Waals surface area contributed by atoms with E-state index in [0.29, 0.717) is 5.92 Å². The van der Waals surface area contributed by atoms with Crippen molar-refractivity contribution in [1.82, 2.24) is 0 Å². The van der Waals surface area contributed by atoms with Gasteiger partial charge >= 0.3 is 0 Å². The summed E-state index contributed by atoms with van der Waals surface area (Å²) in [5, 5.41) is 12.1. The lowest BCUT2D eigenvalue weighted by Gasteiger charge is -2.22. The number of hydrogen-bond donors (Lipinski definition) is 1. The van der Waals surface area contributed by atoms with Crippen molar-refractivity contribution in [2.45, 2.75) is 40.0 Å². The van der Waals surface area contributed by atoms with Crippen LogP contribution < -0.4 is 0 Å². The van der Waals surface area contributed by atoms with Crippen LogP contribution in [0.2, 0.25) is 0 Å². The van der Waals surface area contributed by atoms with Crippen molar-refractivity contribution in [2.24, 2.45) is 11.1 Å². The standard InChI is InChI=1S/C10H17NO/c1-7(2)9-5-4-8(3)6-10(9)11-12/h8,12H,4-6H2,1-3H3/b11-10+/t8-/m1/s1. The van der Waals surface area contributed by atoms with Gasteiger partial charge in [-0.1, -0.05) is 17.7 Å². The first kappa shape index (κ1) is 9.30. The summed E-state index contributed by atoms with van der Waals surface area (Å²) < 4.78 is 0. The average molecular weight is 167 g/mol. The molecule has 0 radical (unpaired) electrons. The van der Waals surface area contributed by atoms with E-state index in [2.05, 4.69) is 25.9 Å². The molecule has 1 N–H and O–H groups in total. The molecule has 1 aliphatic carbocycles. The number of allylic oxidation sites excluding steroid dienone is 2. The molecule has 68 valence electrons. The maximum absolute atomic E-state index is 8.78. The summed E-state index contributed by atoms with van der Waals surface area (Å²) >= 11 is 0. The van der Waals surface area contributed by atoms with Crippen molar-refractivity contribution in [3.63, 3.8) is 0 Å². The quantitative estimate of drug-likeness (QED) is 0.436. The second-order valence-electron chi connectivity index (χ2n) is 3.87. The van der Waals surface area contributed by atoms with Gasteiger partial charge in [-0.15, -0.1) is 0 Å². The number of nitrogens with zero attached hydrogens (tertiary/aromatic N) is 1. The summed E-state index contributed by atoms with van der Waals surface area (Å²) in [5.74, 6) is 0.666. The van der Waals surface area contributed by atoms with E-state index in [-0.39, 0.29) is 0 Å². The van der Waals surface area contributed by atoms with Crippen LogP contribution in [0, 0.1) is 5.92 Å². The summed E-state index contributed by atoms with van der Waals surface area (Å²) in [7, 11) is 0. The van der Waals surface area contributed by atoms with Crippen LogP contribution in [-0.2, 0) is 0 Å². The van der Waals surface area contributed by atoms with Crippen molar-refractivity contribution in [1.29, 1.82) is 0 Å². The van der Waals surface area contributed by atoms with E-state index in [4.69, 9.17) is 5.21 Å². The third kappa shape index (κ3) is 1.87. The molecule has 0 heterocycles. The van der Waals surface area contributed by atoms with Crippen LogP contribution in [0.1, 0.15) is 40.0 Å². The Hall–Kier alpha value is -0.790. The van der Waals surface area contributed by atoms with E-state index in [9.17, 15) is 0 Å². The van der Waals surface area contributed by atoms with Gasteiger partial charge in [0.25, 0.3) is 0 Å². The minimum absolute atomic E-state index is 0.666. The Labute approximate surface area is 74.0 Å². The minimum Gasteiger partial charge on any atom is -0.411 e. The molecule has 1 rings (SSSR count). The highest BCUT2D eigenvalue weighted by Crippen LogP contribution is 2.27. The van der Waals surface area contributed by atoms with Crippen LogP contribution in [0.25, 0.3) is 0 Å². The monoisotopic (exact) mass is 167 g/mol. The van der Waals surface area contributed by atoms with Gasteiger partial charge in [-0.25, -0.2) is 0 Å². The zero-order valence-electron chi connectivity index (χ0n) is 8.09. The number of hydrogen-bond acceptors (Lipinski definition) is 2. The molecule has 0 aromatic heterocycles. The molecule has 0 aromatic rings. The lowest BCUT2D eigenvalue weighted by atomic mass is 9.84. The van der Waals surface area contributed by atoms with E-state index < -0.39 is 0 Å². The van der Waals surface area contributed by atoms with Crippen LogP contribution in [0.15, 0.2) is 16.3 Å². The zero-order valence-corrected chi connectivity index (χ0v) is 8.09. The molecule has 1 saturated carbocycles. The van der Waals surface area contributed by atoms with E-state index in [1.54, 1.807) is 0 Å². The summed E-state index contributed by atoms with van der Waals surface area (Å²) in [6.45, 7) is 6.36. The third-order valence-corrected chi connectivity index (χ3v) is 2.50. The van der Waals surface area contributed by atoms with Crippen LogP contribution in [-0.4, -0.2) is 10.9 Å². The van der Waals surface area contributed by atoms with E-state index in [1.807, 2.05) is 0 Å². The number of rotatable bonds is 0. The van der Waals surface area contributed by atoms with Crippen molar-refractivity contribution < 1.29 is 5.21 Å². The Bertz CT molecular complexity index is 224. The van der Waals surface area contributed by atoms with Gasteiger partial charge in [0.1, 0.15) is 0 Å². The molecule has 1 fully saturated rings.